The molecule has 0 aliphatic carbocycles. The predicted molar refractivity (Wildman–Crippen MR) is 87.2 cm³/mol. The van der Waals surface area contributed by atoms with E-state index in [0.717, 1.165) is 37.4 Å². The van der Waals surface area contributed by atoms with Gasteiger partial charge in [-0.1, -0.05) is 31.2 Å². The Morgan fingerprint density at radius 3 is 2.57 bits per heavy atom. The van der Waals surface area contributed by atoms with E-state index in [2.05, 4.69) is 58.8 Å². The van der Waals surface area contributed by atoms with Crippen LogP contribution in [-0.2, 0) is 12.8 Å². The van der Waals surface area contributed by atoms with Gasteiger partial charge in [0.15, 0.2) is 0 Å². The molecule has 0 saturated heterocycles. The molecular formula is C16H23N5. The number of aryl methyl sites for hydroxylation is 2. The zero-order valence-electron chi connectivity index (χ0n) is 12.7. The molecule has 5 heteroatoms. The molecule has 21 heavy (non-hydrogen) atoms. The Hall–Kier alpha value is -2.14. The molecule has 0 aliphatic rings. The Bertz CT molecular complexity index is 583. The summed E-state index contributed by atoms with van der Waals surface area (Å²) in [6.45, 7) is 5.07. The van der Waals surface area contributed by atoms with Crippen molar-refractivity contribution < 1.29 is 0 Å². The summed E-state index contributed by atoms with van der Waals surface area (Å²) < 4.78 is 0. The van der Waals surface area contributed by atoms with Crippen LogP contribution in [0.4, 0.5) is 11.6 Å². The SMILES string of the molecule is CCCc1nc(NN)cc(NCCc2ccccc2C)n1. The third-order valence-corrected chi connectivity index (χ3v) is 3.36. The van der Waals surface area contributed by atoms with Crippen LogP contribution in [0, 0.1) is 6.92 Å². The van der Waals surface area contributed by atoms with Crippen molar-refractivity contribution in [2.24, 2.45) is 5.84 Å². The molecule has 2 aromatic rings. The molecule has 0 bridgehead atoms. The molecule has 0 aliphatic heterocycles. The topological polar surface area (TPSA) is 75.9 Å². The number of rotatable bonds is 7. The Kier molecular flexibility index (Phi) is 5.51. The molecule has 0 saturated carbocycles. The predicted octanol–water partition coefficient (Wildman–Crippen LogP) is 2.68. The van der Waals surface area contributed by atoms with Gasteiger partial charge in [-0.25, -0.2) is 15.8 Å². The highest BCUT2D eigenvalue weighted by Gasteiger charge is 2.04. The number of nitrogens with zero attached hydrogens (tertiary/aromatic N) is 2. The van der Waals surface area contributed by atoms with Gasteiger partial charge < -0.3 is 10.7 Å². The van der Waals surface area contributed by atoms with E-state index in [9.17, 15) is 0 Å². The second-order valence-electron chi connectivity index (χ2n) is 5.05. The highest BCUT2D eigenvalue weighted by Crippen LogP contribution is 2.13. The van der Waals surface area contributed by atoms with Gasteiger partial charge in [-0.15, -0.1) is 0 Å². The Labute approximate surface area is 126 Å². The molecule has 0 spiro atoms. The fourth-order valence-electron chi connectivity index (χ4n) is 2.21. The summed E-state index contributed by atoms with van der Waals surface area (Å²) in [6, 6.07) is 10.3. The molecule has 0 unspecified atom stereocenters. The molecule has 0 atom stereocenters. The summed E-state index contributed by atoms with van der Waals surface area (Å²) in [5.41, 5.74) is 5.26. The molecule has 1 aromatic carbocycles. The van der Waals surface area contributed by atoms with Crippen LogP contribution in [0.25, 0.3) is 0 Å². The summed E-state index contributed by atoms with van der Waals surface area (Å²) in [7, 11) is 0. The number of hydrogen-bond acceptors (Lipinski definition) is 5. The average molecular weight is 285 g/mol. The quantitative estimate of drug-likeness (QED) is 0.538. The van der Waals surface area contributed by atoms with Crippen LogP contribution in [0.2, 0.25) is 0 Å². The van der Waals surface area contributed by atoms with Crippen molar-refractivity contribution in [2.45, 2.75) is 33.1 Å². The van der Waals surface area contributed by atoms with E-state index >= 15 is 0 Å². The molecule has 5 nitrogen and oxygen atoms in total. The van der Waals surface area contributed by atoms with Crippen LogP contribution in [0.5, 0.6) is 0 Å². The number of benzene rings is 1. The second kappa shape index (κ2) is 7.59. The number of hydrogen-bond donors (Lipinski definition) is 3. The lowest BCUT2D eigenvalue weighted by molar-refractivity contribution is 0.833. The number of anilines is 2. The van der Waals surface area contributed by atoms with Crippen molar-refractivity contribution in [2.75, 3.05) is 17.3 Å². The Balaban J connectivity index is 1.99. The minimum atomic E-state index is 0.645. The fourth-order valence-corrected chi connectivity index (χ4v) is 2.21. The second-order valence-corrected chi connectivity index (χ2v) is 5.05. The molecule has 0 radical (unpaired) electrons. The molecule has 0 fully saturated rings. The van der Waals surface area contributed by atoms with Gasteiger partial charge >= 0.3 is 0 Å². The lowest BCUT2D eigenvalue weighted by atomic mass is 10.1. The fraction of sp³-hybridized carbons (Fsp3) is 0.375. The third-order valence-electron chi connectivity index (χ3n) is 3.36. The lowest BCUT2D eigenvalue weighted by Gasteiger charge is -2.10. The first kappa shape index (κ1) is 15.3. The smallest absolute Gasteiger partial charge is 0.145 e. The number of nitrogens with two attached hydrogens (primary N) is 1. The van der Waals surface area contributed by atoms with Crippen LogP contribution in [0.15, 0.2) is 30.3 Å². The normalized spacial score (nSPS) is 10.4. The summed E-state index contributed by atoms with van der Waals surface area (Å²) in [5, 5.41) is 3.35. The Morgan fingerprint density at radius 2 is 1.86 bits per heavy atom. The molecule has 1 aromatic heterocycles. The highest BCUT2D eigenvalue weighted by atomic mass is 15.3. The van der Waals surface area contributed by atoms with E-state index in [1.165, 1.54) is 11.1 Å². The van der Waals surface area contributed by atoms with Gasteiger partial charge in [-0.05, 0) is 30.9 Å². The summed E-state index contributed by atoms with van der Waals surface area (Å²) >= 11 is 0. The first-order valence-corrected chi connectivity index (χ1v) is 7.36. The summed E-state index contributed by atoms with van der Waals surface area (Å²) in [6.07, 6.45) is 2.82. The van der Waals surface area contributed by atoms with E-state index in [-0.39, 0.29) is 0 Å². The van der Waals surface area contributed by atoms with Gasteiger partial charge in [0.25, 0.3) is 0 Å². The summed E-state index contributed by atoms with van der Waals surface area (Å²) in [4.78, 5) is 8.84. The van der Waals surface area contributed by atoms with Crippen molar-refractivity contribution in [3.63, 3.8) is 0 Å². The number of nitrogens with one attached hydrogen (secondary N) is 2. The monoisotopic (exact) mass is 285 g/mol. The van der Waals surface area contributed by atoms with Crippen LogP contribution in [0.3, 0.4) is 0 Å². The number of nitrogen functional groups attached to an aromatic ring is 1. The van der Waals surface area contributed by atoms with E-state index in [4.69, 9.17) is 5.84 Å². The first-order chi connectivity index (χ1) is 10.2. The van der Waals surface area contributed by atoms with Crippen molar-refractivity contribution in [1.29, 1.82) is 0 Å². The van der Waals surface area contributed by atoms with E-state index in [0.29, 0.717) is 5.82 Å². The molecular weight excluding hydrogens is 262 g/mol. The molecule has 2 rings (SSSR count). The van der Waals surface area contributed by atoms with Crippen molar-refractivity contribution >= 4 is 11.6 Å². The maximum atomic E-state index is 5.46. The zero-order chi connectivity index (χ0) is 15.1. The maximum absolute atomic E-state index is 5.46. The molecule has 4 N–H and O–H groups in total. The van der Waals surface area contributed by atoms with E-state index in [1.807, 2.05) is 6.07 Å². The van der Waals surface area contributed by atoms with Crippen molar-refractivity contribution in [1.82, 2.24) is 9.97 Å². The van der Waals surface area contributed by atoms with Gasteiger partial charge in [0.05, 0.1) is 0 Å². The van der Waals surface area contributed by atoms with Gasteiger partial charge in [0, 0.05) is 19.0 Å². The molecule has 112 valence electrons. The van der Waals surface area contributed by atoms with E-state index < -0.39 is 0 Å². The van der Waals surface area contributed by atoms with Crippen LogP contribution in [0.1, 0.15) is 30.3 Å². The van der Waals surface area contributed by atoms with Crippen molar-refractivity contribution in [3.8, 4) is 0 Å². The van der Waals surface area contributed by atoms with Crippen LogP contribution < -0.4 is 16.6 Å². The number of hydrazine groups is 1. The molecule has 0 amide bonds. The highest BCUT2D eigenvalue weighted by molar-refractivity contribution is 5.47. The standard InChI is InChI=1S/C16H23N5/c1-3-6-14-19-15(11-16(20-14)21-17)18-10-9-13-8-5-4-7-12(13)2/h4-5,7-8,11H,3,6,9-10,17H2,1-2H3,(H2,18,19,20,21). The first-order valence-electron chi connectivity index (χ1n) is 7.36. The van der Waals surface area contributed by atoms with Crippen LogP contribution in [-0.4, -0.2) is 16.5 Å². The third kappa shape index (κ3) is 4.43. The minimum absolute atomic E-state index is 0.645. The zero-order valence-corrected chi connectivity index (χ0v) is 12.7. The van der Waals surface area contributed by atoms with Gasteiger partial charge in [0.1, 0.15) is 17.5 Å². The largest absolute Gasteiger partial charge is 0.370 e. The van der Waals surface area contributed by atoms with Gasteiger partial charge in [0.2, 0.25) is 0 Å². The van der Waals surface area contributed by atoms with Crippen LogP contribution >= 0.6 is 0 Å². The molecule has 1 heterocycles. The maximum Gasteiger partial charge on any atom is 0.145 e. The summed E-state index contributed by atoms with van der Waals surface area (Å²) in [5.74, 6) is 7.73. The van der Waals surface area contributed by atoms with Gasteiger partial charge in [-0.3, -0.25) is 0 Å². The Morgan fingerprint density at radius 1 is 1.10 bits per heavy atom. The minimum Gasteiger partial charge on any atom is -0.370 e. The van der Waals surface area contributed by atoms with E-state index in [1.54, 1.807) is 0 Å². The lowest BCUT2D eigenvalue weighted by Crippen LogP contribution is -2.13. The number of aromatic nitrogens is 2. The van der Waals surface area contributed by atoms with Gasteiger partial charge in [-0.2, -0.15) is 0 Å². The average Bonchev–Trinajstić information content (AvgIpc) is 2.49. The van der Waals surface area contributed by atoms with Crippen molar-refractivity contribution in [3.05, 3.63) is 47.3 Å².